The third kappa shape index (κ3) is 4.37. The molecule has 0 radical (unpaired) electrons. The van der Waals surface area contributed by atoms with Gasteiger partial charge in [-0.05, 0) is 25.1 Å². The minimum absolute atomic E-state index is 0.0694. The van der Waals surface area contributed by atoms with Crippen LogP contribution in [0.4, 0.5) is 13.2 Å². The van der Waals surface area contributed by atoms with E-state index in [9.17, 15) is 13.2 Å². The summed E-state index contributed by atoms with van der Waals surface area (Å²) >= 11 is 11.8. The highest BCUT2D eigenvalue weighted by Crippen LogP contribution is 2.33. The van der Waals surface area contributed by atoms with Crippen molar-refractivity contribution in [1.82, 2.24) is 5.32 Å². The van der Waals surface area contributed by atoms with Crippen molar-refractivity contribution in [1.29, 1.82) is 0 Å². The zero-order valence-electron chi connectivity index (χ0n) is 9.11. The van der Waals surface area contributed by atoms with Gasteiger partial charge in [0.1, 0.15) is 0 Å². The zero-order valence-corrected chi connectivity index (χ0v) is 10.6. The van der Waals surface area contributed by atoms with Crippen molar-refractivity contribution < 1.29 is 13.2 Å². The van der Waals surface area contributed by atoms with Gasteiger partial charge in [-0.2, -0.15) is 13.2 Å². The molecule has 1 aromatic carbocycles. The molecule has 96 valence electrons. The molecule has 1 rings (SSSR count). The molecular formula is C11H12Cl2F3N. The fourth-order valence-corrected chi connectivity index (χ4v) is 1.99. The third-order valence-electron chi connectivity index (χ3n) is 2.42. The summed E-state index contributed by atoms with van der Waals surface area (Å²) in [7, 11) is 1.60. The number of rotatable bonds is 4. The van der Waals surface area contributed by atoms with Crippen molar-refractivity contribution in [3.8, 4) is 0 Å². The Balaban J connectivity index is 2.83. The molecule has 0 bridgehead atoms. The van der Waals surface area contributed by atoms with Gasteiger partial charge in [0.05, 0.1) is 10.0 Å². The molecule has 0 spiro atoms. The van der Waals surface area contributed by atoms with Gasteiger partial charge in [0.2, 0.25) is 0 Å². The van der Waals surface area contributed by atoms with Crippen molar-refractivity contribution in [2.75, 3.05) is 7.05 Å². The average Bonchev–Trinajstić information content (AvgIpc) is 2.23. The molecule has 1 N–H and O–H groups in total. The summed E-state index contributed by atoms with van der Waals surface area (Å²) < 4.78 is 36.5. The number of hydrogen-bond acceptors (Lipinski definition) is 1. The maximum atomic E-state index is 12.2. The molecule has 0 fully saturated rings. The first-order chi connectivity index (χ1) is 7.85. The van der Waals surface area contributed by atoms with Gasteiger partial charge in [-0.3, -0.25) is 0 Å². The Bertz CT molecular complexity index is 379. The summed E-state index contributed by atoms with van der Waals surface area (Å²) in [6.45, 7) is 0. The highest BCUT2D eigenvalue weighted by atomic mass is 35.5. The molecule has 17 heavy (non-hydrogen) atoms. The molecule has 0 amide bonds. The molecule has 0 saturated carbocycles. The van der Waals surface area contributed by atoms with Gasteiger partial charge in [0, 0.05) is 12.5 Å². The molecule has 0 aliphatic heterocycles. The van der Waals surface area contributed by atoms with Crippen LogP contribution in [-0.4, -0.2) is 13.2 Å². The van der Waals surface area contributed by atoms with Crippen molar-refractivity contribution in [2.45, 2.75) is 25.1 Å². The van der Waals surface area contributed by atoms with E-state index in [2.05, 4.69) is 5.32 Å². The van der Waals surface area contributed by atoms with Crippen LogP contribution in [0.1, 0.15) is 24.4 Å². The molecule has 1 unspecified atom stereocenters. The van der Waals surface area contributed by atoms with Crippen molar-refractivity contribution in [3.63, 3.8) is 0 Å². The van der Waals surface area contributed by atoms with Crippen LogP contribution in [0.25, 0.3) is 0 Å². The van der Waals surface area contributed by atoms with E-state index >= 15 is 0 Å². The Labute approximate surface area is 108 Å². The Morgan fingerprint density at radius 1 is 1.29 bits per heavy atom. The number of halogens is 5. The predicted molar refractivity (Wildman–Crippen MR) is 63.6 cm³/mol. The second kappa shape index (κ2) is 5.94. The van der Waals surface area contributed by atoms with Crippen LogP contribution in [0.15, 0.2) is 18.2 Å². The number of hydrogen-bond donors (Lipinski definition) is 1. The normalized spacial score (nSPS) is 13.8. The van der Waals surface area contributed by atoms with E-state index < -0.39 is 18.6 Å². The molecule has 0 heterocycles. The van der Waals surface area contributed by atoms with Crippen LogP contribution in [0.5, 0.6) is 0 Å². The molecule has 0 aliphatic carbocycles. The lowest BCUT2D eigenvalue weighted by Gasteiger charge is -2.19. The van der Waals surface area contributed by atoms with E-state index in [1.807, 2.05) is 0 Å². The molecule has 0 aromatic heterocycles. The average molecular weight is 286 g/mol. The smallest absolute Gasteiger partial charge is 0.313 e. The Kier molecular flexibility index (Phi) is 5.10. The van der Waals surface area contributed by atoms with Crippen LogP contribution in [0.3, 0.4) is 0 Å². The number of alkyl halides is 3. The van der Waals surface area contributed by atoms with Gasteiger partial charge in [-0.15, -0.1) is 0 Å². The van der Waals surface area contributed by atoms with Crippen LogP contribution >= 0.6 is 23.2 Å². The second-order valence-corrected chi connectivity index (χ2v) is 4.42. The van der Waals surface area contributed by atoms with E-state index in [1.165, 1.54) is 0 Å². The molecular weight excluding hydrogens is 274 g/mol. The standard InChI is InChI=1S/C11H12Cl2F3N/c1-17-9(5-6-11(14,15)16)7-3-2-4-8(12)10(7)13/h2-4,9,17H,5-6H2,1H3. The summed E-state index contributed by atoms with van der Waals surface area (Å²) in [6.07, 6.45) is -5.10. The van der Waals surface area contributed by atoms with Crippen LogP contribution in [-0.2, 0) is 0 Å². The van der Waals surface area contributed by atoms with Crippen LogP contribution < -0.4 is 5.32 Å². The number of nitrogens with one attached hydrogen (secondary N) is 1. The van der Waals surface area contributed by atoms with Crippen LogP contribution in [0.2, 0.25) is 10.0 Å². The lowest BCUT2D eigenvalue weighted by atomic mass is 10.0. The molecule has 1 nitrogen and oxygen atoms in total. The summed E-state index contributed by atoms with van der Waals surface area (Å²) in [5, 5.41) is 3.46. The van der Waals surface area contributed by atoms with E-state index in [0.717, 1.165) is 0 Å². The van der Waals surface area contributed by atoms with E-state index in [0.29, 0.717) is 15.6 Å². The monoisotopic (exact) mass is 285 g/mol. The van der Waals surface area contributed by atoms with Crippen molar-refractivity contribution in [3.05, 3.63) is 33.8 Å². The van der Waals surface area contributed by atoms with Crippen molar-refractivity contribution in [2.24, 2.45) is 0 Å². The SMILES string of the molecule is CNC(CCC(F)(F)F)c1cccc(Cl)c1Cl. The van der Waals surface area contributed by atoms with Crippen molar-refractivity contribution >= 4 is 23.2 Å². The minimum atomic E-state index is -4.17. The van der Waals surface area contributed by atoms with Gasteiger partial charge in [0.25, 0.3) is 0 Å². The largest absolute Gasteiger partial charge is 0.389 e. The predicted octanol–water partition coefficient (Wildman–Crippen LogP) is 4.60. The minimum Gasteiger partial charge on any atom is -0.313 e. The highest BCUT2D eigenvalue weighted by Gasteiger charge is 2.29. The molecule has 0 aliphatic rings. The Hall–Kier alpha value is -0.450. The number of benzene rings is 1. The molecule has 6 heteroatoms. The van der Waals surface area contributed by atoms with E-state index in [-0.39, 0.29) is 6.42 Å². The lowest BCUT2D eigenvalue weighted by molar-refractivity contribution is -0.136. The fraction of sp³-hybridized carbons (Fsp3) is 0.455. The molecule has 1 aromatic rings. The van der Waals surface area contributed by atoms with Gasteiger partial charge >= 0.3 is 6.18 Å². The topological polar surface area (TPSA) is 12.0 Å². The molecule has 1 atom stereocenters. The fourth-order valence-electron chi connectivity index (χ4n) is 1.55. The zero-order chi connectivity index (χ0) is 13.1. The summed E-state index contributed by atoms with van der Waals surface area (Å²) in [6, 6.07) is 4.49. The summed E-state index contributed by atoms with van der Waals surface area (Å²) in [5.74, 6) is 0. The van der Waals surface area contributed by atoms with Gasteiger partial charge in [0.15, 0.2) is 0 Å². The van der Waals surface area contributed by atoms with Gasteiger partial charge in [-0.1, -0.05) is 35.3 Å². The molecule has 0 saturated heterocycles. The first kappa shape index (κ1) is 14.6. The third-order valence-corrected chi connectivity index (χ3v) is 3.26. The quantitative estimate of drug-likeness (QED) is 0.853. The lowest BCUT2D eigenvalue weighted by Crippen LogP contribution is -2.20. The highest BCUT2D eigenvalue weighted by molar-refractivity contribution is 6.42. The first-order valence-corrected chi connectivity index (χ1v) is 5.78. The first-order valence-electron chi connectivity index (χ1n) is 5.03. The van der Waals surface area contributed by atoms with E-state index in [4.69, 9.17) is 23.2 Å². The maximum absolute atomic E-state index is 12.2. The van der Waals surface area contributed by atoms with Gasteiger partial charge in [-0.25, -0.2) is 0 Å². The van der Waals surface area contributed by atoms with E-state index in [1.54, 1.807) is 25.2 Å². The van der Waals surface area contributed by atoms with Gasteiger partial charge < -0.3 is 5.32 Å². The summed E-state index contributed by atoms with van der Waals surface area (Å²) in [4.78, 5) is 0. The Morgan fingerprint density at radius 3 is 2.47 bits per heavy atom. The second-order valence-electron chi connectivity index (χ2n) is 3.64. The Morgan fingerprint density at radius 2 is 1.94 bits per heavy atom. The van der Waals surface area contributed by atoms with Crippen LogP contribution in [0, 0.1) is 0 Å². The summed E-state index contributed by atoms with van der Waals surface area (Å²) in [5.41, 5.74) is 0.589. The maximum Gasteiger partial charge on any atom is 0.389 e.